The summed E-state index contributed by atoms with van der Waals surface area (Å²) in [5.41, 5.74) is 1.56. The number of likely N-dealkylation sites (tertiary alicyclic amines) is 1. The average molecular weight is 274 g/mol. The Hall–Kier alpha value is -1.84. The third-order valence-electron chi connectivity index (χ3n) is 3.75. The van der Waals surface area contributed by atoms with E-state index in [1.165, 1.54) is 12.8 Å². The SMILES string of the molecule is Cc1ccccc1C(=O)NCC(=O)N1CCCCCC1. The second kappa shape index (κ2) is 7.08. The Morgan fingerprint density at radius 3 is 2.40 bits per heavy atom. The molecule has 0 spiro atoms. The molecule has 1 heterocycles. The Bertz CT molecular complexity index is 477. The lowest BCUT2D eigenvalue weighted by Crippen LogP contribution is -2.40. The largest absolute Gasteiger partial charge is 0.343 e. The van der Waals surface area contributed by atoms with Gasteiger partial charge in [-0.15, -0.1) is 0 Å². The van der Waals surface area contributed by atoms with Gasteiger partial charge in [0.25, 0.3) is 5.91 Å². The summed E-state index contributed by atoms with van der Waals surface area (Å²) in [5, 5.41) is 2.73. The van der Waals surface area contributed by atoms with Crippen molar-refractivity contribution in [2.24, 2.45) is 0 Å². The lowest BCUT2D eigenvalue weighted by molar-refractivity contribution is -0.130. The van der Waals surface area contributed by atoms with Gasteiger partial charge in [-0.25, -0.2) is 0 Å². The molecule has 0 radical (unpaired) electrons. The van der Waals surface area contributed by atoms with Gasteiger partial charge in [0.15, 0.2) is 0 Å². The number of carbonyl (C=O) groups excluding carboxylic acids is 2. The Labute approximate surface area is 120 Å². The third-order valence-corrected chi connectivity index (χ3v) is 3.75. The number of hydrogen-bond donors (Lipinski definition) is 1. The average Bonchev–Trinajstić information content (AvgIpc) is 2.74. The van der Waals surface area contributed by atoms with Crippen molar-refractivity contribution < 1.29 is 9.59 Å². The first-order chi connectivity index (χ1) is 9.68. The quantitative estimate of drug-likeness (QED) is 0.918. The highest BCUT2D eigenvalue weighted by atomic mass is 16.2. The lowest BCUT2D eigenvalue weighted by atomic mass is 10.1. The fourth-order valence-electron chi connectivity index (χ4n) is 2.51. The molecule has 0 saturated carbocycles. The maximum Gasteiger partial charge on any atom is 0.251 e. The maximum absolute atomic E-state index is 12.1. The van der Waals surface area contributed by atoms with E-state index in [0.717, 1.165) is 31.5 Å². The molecule has 0 aliphatic carbocycles. The molecular formula is C16H22N2O2. The molecule has 2 amide bonds. The third kappa shape index (κ3) is 3.83. The number of carbonyl (C=O) groups is 2. The van der Waals surface area contributed by atoms with E-state index in [4.69, 9.17) is 0 Å². The van der Waals surface area contributed by atoms with Crippen molar-refractivity contribution in [3.63, 3.8) is 0 Å². The summed E-state index contributed by atoms with van der Waals surface area (Å²) < 4.78 is 0. The standard InChI is InChI=1S/C16H22N2O2/c1-13-8-4-5-9-14(13)16(20)17-12-15(19)18-10-6-2-3-7-11-18/h4-5,8-9H,2-3,6-7,10-12H2,1H3,(H,17,20). The van der Waals surface area contributed by atoms with E-state index in [1.54, 1.807) is 6.07 Å². The van der Waals surface area contributed by atoms with E-state index < -0.39 is 0 Å². The molecule has 1 aromatic rings. The normalized spacial score (nSPS) is 15.6. The first-order valence-electron chi connectivity index (χ1n) is 7.30. The molecule has 0 atom stereocenters. The van der Waals surface area contributed by atoms with Gasteiger partial charge in [0.05, 0.1) is 6.54 Å². The zero-order valence-electron chi connectivity index (χ0n) is 12.0. The molecule has 4 heteroatoms. The van der Waals surface area contributed by atoms with Crippen LogP contribution in [0, 0.1) is 6.92 Å². The van der Waals surface area contributed by atoms with Crippen LogP contribution in [0.2, 0.25) is 0 Å². The molecule has 0 bridgehead atoms. The molecule has 108 valence electrons. The van der Waals surface area contributed by atoms with Gasteiger partial charge >= 0.3 is 0 Å². The summed E-state index contributed by atoms with van der Waals surface area (Å²) in [6.07, 6.45) is 4.52. The Morgan fingerprint density at radius 1 is 1.10 bits per heavy atom. The van der Waals surface area contributed by atoms with Gasteiger partial charge in [0.1, 0.15) is 0 Å². The van der Waals surface area contributed by atoms with E-state index in [2.05, 4.69) is 5.32 Å². The summed E-state index contributed by atoms with van der Waals surface area (Å²) in [6, 6.07) is 7.40. The van der Waals surface area contributed by atoms with Crippen LogP contribution in [0.4, 0.5) is 0 Å². The Morgan fingerprint density at radius 2 is 1.75 bits per heavy atom. The van der Waals surface area contributed by atoms with Crippen molar-refractivity contribution in [2.45, 2.75) is 32.6 Å². The first-order valence-corrected chi connectivity index (χ1v) is 7.30. The Balaban J connectivity index is 1.86. The van der Waals surface area contributed by atoms with E-state index >= 15 is 0 Å². The summed E-state index contributed by atoms with van der Waals surface area (Å²) in [4.78, 5) is 26.0. The Kier molecular flexibility index (Phi) is 5.16. The van der Waals surface area contributed by atoms with Crippen molar-refractivity contribution in [1.82, 2.24) is 10.2 Å². The van der Waals surface area contributed by atoms with Crippen LogP contribution < -0.4 is 5.32 Å². The van der Waals surface area contributed by atoms with Crippen LogP contribution in [0.5, 0.6) is 0 Å². The smallest absolute Gasteiger partial charge is 0.251 e. The minimum Gasteiger partial charge on any atom is -0.343 e. The number of aryl methyl sites for hydroxylation is 1. The van der Waals surface area contributed by atoms with Gasteiger partial charge in [0, 0.05) is 18.7 Å². The zero-order valence-corrected chi connectivity index (χ0v) is 12.0. The van der Waals surface area contributed by atoms with Crippen molar-refractivity contribution in [3.05, 3.63) is 35.4 Å². The molecule has 1 saturated heterocycles. The molecule has 1 aliphatic heterocycles. The van der Waals surface area contributed by atoms with Crippen LogP contribution in [0.15, 0.2) is 24.3 Å². The monoisotopic (exact) mass is 274 g/mol. The van der Waals surface area contributed by atoms with Gasteiger partial charge in [-0.1, -0.05) is 31.0 Å². The van der Waals surface area contributed by atoms with E-state index in [-0.39, 0.29) is 18.4 Å². The number of rotatable bonds is 3. The fourth-order valence-corrected chi connectivity index (χ4v) is 2.51. The van der Waals surface area contributed by atoms with Crippen LogP contribution in [-0.4, -0.2) is 36.3 Å². The number of hydrogen-bond acceptors (Lipinski definition) is 2. The second-order valence-corrected chi connectivity index (χ2v) is 5.29. The van der Waals surface area contributed by atoms with Crippen molar-refractivity contribution in [1.29, 1.82) is 0 Å². The minimum absolute atomic E-state index is 0.0221. The molecule has 1 fully saturated rings. The van der Waals surface area contributed by atoms with Gasteiger partial charge < -0.3 is 10.2 Å². The predicted octanol–water partition coefficient (Wildman–Crippen LogP) is 2.13. The van der Waals surface area contributed by atoms with E-state index in [1.807, 2.05) is 30.0 Å². The van der Waals surface area contributed by atoms with Gasteiger partial charge in [-0.05, 0) is 31.4 Å². The molecule has 1 aliphatic rings. The highest BCUT2D eigenvalue weighted by Crippen LogP contribution is 2.10. The van der Waals surface area contributed by atoms with Crippen LogP contribution in [0.25, 0.3) is 0 Å². The number of amides is 2. The zero-order chi connectivity index (χ0) is 14.4. The summed E-state index contributed by atoms with van der Waals surface area (Å²) >= 11 is 0. The lowest BCUT2D eigenvalue weighted by Gasteiger charge is -2.20. The number of nitrogens with one attached hydrogen (secondary N) is 1. The summed E-state index contributed by atoms with van der Waals surface area (Å²) in [5.74, 6) is -0.153. The highest BCUT2D eigenvalue weighted by Gasteiger charge is 2.16. The molecular weight excluding hydrogens is 252 g/mol. The van der Waals surface area contributed by atoms with Gasteiger partial charge in [-0.3, -0.25) is 9.59 Å². The highest BCUT2D eigenvalue weighted by molar-refractivity contribution is 5.97. The summed E-state index contributed by atoms with van der Waals surface area (Å²) in [6.45, 7) is 3.62. The van der Waals surface area contributed by atoms with Crippen LogP contribution in [-0.2, 0) is 4.79 Å². The van der Waals surface area contributed by atoms with Crippen molar-refractivity contribution in [2.75, 3.05) is 19.6 Å². The molecule has 1 N–H and O–H groups in total. The number of benzene rings is 1. The molecule has 4 nitrogen and oxygen atoms in total. The van der Waals surface area contributed by atoms with Gasteiger partial charge in [-0.2, -0.15) is 0 Å². The van der Waals surface area contributed by atoms with E-state index in [0.29, 0.717) is 5.56 Å². The molecule has 1 aromatic carbocycles. The first kappa shape index (κ1) is 14.6. The number of nitrogens with zero attached hydrogens (tertiary/aromatic N) is 1. The van der Waals surface area contributed by atoms with Crippen molar-refractivity contribution >= 4 is 11.8 Å². The summed E-state index contributed by atoms with van der Waals surface area (Å²) in [7, 11) is 0. The van der Waals surface area contributed by atoms with Crippen LogP contribution in [0.3, 0.4) is 0 Å². The van der Waals surface area contributed by atoms with Crippen LogP contribution in [0.1, 0.15) is 41.6 Å². The van der Waals surface area contributed by atoms with Gasteiger partial charge in [0.2, 0.25) is 5.91 Å². The topological polar surface area (TPSA) is 49.4 Å². The predicted molar refractivity (Wildman–Crippen MR) is 78.6 cm³/mol. The molecule has 0 unspecified atom stereocenters. The minimum atomic E-state index is -0.175. The molecule has 20 heavy (non-hydrogen) atoms. The fraction of sp³-hybridized carbons (Fsp3) is 0.500. The van der Waals surface area contributed by atoms with E-state index in [9.17, 15) is 9.59 Å². The second-order valence-electron chi connectivity index (χ2n) is 5.29. The molecule has 2 rings (SSSR count). The van der Waals surface area contributed by atoms with Crippen molar-refractivity contribution in [3.8, 4) is 0 Å². The van der Waals surface area contributed by atoms with Crippen LogP contribution >= 0.6 is 0 Å². The maximum atomic E-state index is 12.1. The molecule has 0 aromatic heterocycles.